The van der Waals surface area contributed by atoms with Gasteiger partial charge in [-0.2, -0.15) is 5.23 Å². The molecule has 0 spiro atoms. The minimum absolute atomic E-state index is 0.212. The summed E-state index contributed by atoms with van der Waals surface area (Å²) in [6.45, 7) is 0.449. The summed E-state index contributed by atoms with van der Waals surface area (Å²) in [5.74, 6) is -0.302. The maximum atomic E-state index is 11.2. The van der Waals surface area contributed by atoms with Crippen LogP contribution in [0.5, 0.6) is 0 Å². The number of carbonyl (C=O) groups is 1. The van der Waals surface area contributed by atoms with Gasteiger partial charge in [-0.05, 0) is 0 Å². The van der Waals surface area contributed by atoms with Crippen molar-refractivity contribution in [3.63, 3.8) is 0 Å². The van der Waals surface area contributed by atoms with Gasteiger partial charge in [-0.25, -0.2) is 0 Å². The summed E-state index contributed by atoms with van der Waals surface area (Å²) >= 11 is 0. The maximum Gasteiger partial charge on any atom is 0.323 e. The van der Waals surface area contributed by atoms with E-state index in [0.29, 0.717) is 13.0 Å². The van der Waals surface area contributed by atoms with Crippen molar-refractivity contribution in [1.82, 2.24) is 5.32 Å². The average Bonchev–Trinajstić information content (AvgIpc) is 2.59. The summed E-state index contributed by atoms with van der Waals surface area (Å²) in [4.78, 5) is 16.0. The van der Waals surface area contributed by atoms with Gasteiger partial charge in [0.25, 0.3) is 0 Å². The number of esters is 1. The Hall–Kier alpha value is -1.11. The highest BCUT2D eigenvalue weighted by Gasteiger charge is 2.37. The highest BCUT2D eigenvalue weighted by Crippen LogP contribution is 2.17. The molecule has 2 aliphatic heterocycles. The normalized spacial score (nSPS) is 35.6. The van der Waals surface area contributed by atoms with Crippen molar-refractivity contribution in [3.05, 3.63) is 17.0 Å². The first-order valence-corrected chi connectivity index (χ1v) is 4.43. The van der Waals surface area contributed by atoms with Crippen LogP contribution >= 0.6 is 0 Å². The fourth-order valence-corrected chi connectivity index (χ4v) is 1.73. The molecule has 0 bridgehead atoms. The van der Waals surface area contributed by atoms with Gasteiger partial charge in [-0.3, -0.25) is 10.1 Å². The van der Waals surface area contributed by atoms with Crippen molar-refractivity contribution in [3.8, 4) is 0 Å². The molecular weight excluding hydrogens is 188 g/mol. The highest BCUT2D eigenvalue weighted by molar-refractivity contribution is 5.76. The second kappa shape index (κ2) is 3.56. The van der Waals surface area contributed by atoms with E-state index in [2.05, 4.69) is 10.1 Å². The fourth-order valence-electron chi connectivity index (χ4n) is 1.73. The molecule has 2 heterocycles. The summed E-state index contributed by atoms with van der Waals surface area (Å²) in [6.07, 6.45) is 1.94. The Balaban J connectivity index is 2.02. The maximum absolute atomic E-state index is 11.2. The fraction of sp³-hybridized carbons (Fsp3) is 0.625. The lowest BCUT2D eigenvalue weighted by molar-refractivity contribution is -1.05. The van der Waals surface area contributed by atoms with Gasteiger partial charge in [0.05, 0.1) is 13.7 Å². The van der Waals surface area contributed by atoms with Crippen molar-refractivity contribution in [2.45, 2.75) is 18.5 Å². The third-order valence-electron chi connectivity index (χ3n) is 2.55. The molecule has 6 nitrogen and oxygen atoms in total. The number of hydrogen-bond acceptors (Lipinski definition) is 5. The molecule has 1 saturated heterocycles. The number of hydrogen-bond donors (Lipinski definition) is 2. The monoisotopic (exact) mass is 200 g/mol. The van der Waals surface area contributed by atoms with Crippen LogP contribution in [-0.4, -0.2) is 31.7 Å². The van der Waals surface area contributed by atoms with E-state index >= 15 is 0 Å². The molecule has 0 radical (unpaired) electrons. The molecule has 0 aromatic rings. The van der Waals surface area contributed by atoms with E-state index in [-0.39, 0.29) is 23.3 Å². The smallest absolute Gasteiger partial charge is 0.323 e. The first-order chi connectivity index (χ1) is 6.72. The second-order valence-corrected chi connectivity index (χ2v) is 3.37. The van der Waals surface area contributed by atoms with E-state index in [4.69, 9.17) is 4.84 Å². The van der Waals surface area contributed by atoms with E-state index in [0.717, 1.165) is 5.57 Å². The van der Waals surface area contributed by atoms with Crippen LogP contribution in [0.4, 0.5) is 0 Å². The molecule has 0 amide bonds. The van der Waals surface area contributed by atoms with Gasteiger partial charge >= 0.3 is 5.97 Å². The third-order valence-corrected chi connectivity index (χ3v) is 2.55. The molecule has 1 fully saturated rings. The van der Waals surface area contributed by atoms with Crippen molar-refractivity contribution in [2.75, 3.05) is 13.7 Å². The molecule has 0 aromatic heterocycles. The van der Waals surface area contributed by atoms with Crippen LogP contribution < -0.4 is 10.5 Å². The van der Waals surface area contributed by atoms with Crippen LogP contribution in [0.3, 0.4) is 0 Å². The number of nitrogens with one attached hydrogen (secondary N) is 2. The molecule has 2 N–H and O–H groups in total. The Bertz CT molecular complexity index is 279. The molecule has 14 heavy (non-hydrogen) atoms. The predicted molar refractivity (Wildman–Crippen MR) is 45.7 cm³/mol. The van der Waals surface area contributed by atoms with E-state index in [1.165, 1.54) is 13.4 Å². The molecule has 3 atom stereocenters. The lowest BCUT2D eigenvalue weighted by Gasteiger charge is -2.29. The number of methoxy groups -OCH3 is 1. The number of ether oxygens (including phenoxy) is 1. The largest absolute Gasteiger partial charge is 0.590 e. The van der Waals surface area contributed by atoms with Crippen LogP contribution in [0, 0.1) is 5.21 Å². The lowest BCUT2D eigenvalue weighted by atomic mass is 9.96. The topological polar surface area (TPSA) is 75.1 Å². The zero-order chi connectivity index (χ0) is 10.1. The van der Waals surface area contributed by atoms with Crippen molar-refractivity contribution >= 4 is 5.97 Å². The van der Waals surface area contributed by atoms with Crippen LogP contribution in [0.1, 0.15) is 6.42 Å². The molecule has 0 aromatic carbocycles. The van der Waals surface area contributed by atoms with Crippen molar-refractivity contribution in [1.29, 1.82) is 0 Å². The molecule has 6 heteroatoms. The Morgan fingerprint density at radius 3 is 3.36 bits per heavy atom. The number of quaternary nitrogens is 1. The summed E-state index contributed by atoms with van der Waals surface area (Å²) < 4.78 is 4.61. The van der Waals surface area contributed by atoms with Gasteiger partial charge in [0.2, 0.25) is 0 Å². The number of rotatable bonds is 1. The van der Waals surface area contributed by atoms with Crippen LogP contribution in [-0.2, 0) is 14.4 Å². The summed E-state index contributed by atoms with van der Waals surface area (Å²) in [5, 5.41) is 13.8. The molecule has 78 valence electrons. The minimum Gasteiger partial charge on any atom is -0.590 e. The Morgan fingerprint density at radius 2 is 2.64 bits per heavy atom. The van der Waals surface area contributed by atoms with Gasteiger partial charge in [-0.15, -0.1) is 0 Å². The molecule has 2 aliphatic rings. The first-order valence-electron chi connectivity index (χ1n) is 4.43. The highest BCUT2D eigenvalue weighted by atomic mass is 16.9. The number of fused-ring (bicyclic) bond motifs is 1. The van der Waals surface area contributed by atoms with Crippen molar-refractivity contribution in [2.24, 2.45) is 0 Å². The van der Waals surface area contributed by atoms with E-state index in [9.17, 15) is 10.0 Å². The average molecular weight is 200 g/mol. The van der Waals surface area contributed by atoms with Crippen molar-refractivity contribution < 1.29 is 19.6 Å². The number of piperidine rings is 1. The van der Waals surface area contributed by atoms with Gasteiger partial charge in [0.1, 0.15) is 6.04 Å². The molecule has 0 aliphatic carbocycles. The molecule has 0 saturated carbocycles. The second-order valence-electron chi connectivity index (χ2n) is 3.37. The molecule has 3 unspecified atom stereocenters. The van der Waals surface area contributed by atoms with Gasteiger partial charge in [0, 0.05) is 12.0 Å². The van der Waals surface area contributed by atoms with Gasteiger partial charge in [0.15, 0.2) is 12.3 Å². The van der Waals surface area contributed by atoms with Gasteiger partial charge < -0.3 is 14.8 Å². The molecule has 2 rings (SSSR count). The lowest BCUT2D eigenvalue weighted by Crippen LogP contribution is -3.09. The van der Waals surface area contributed by atoms with E-state index in [1.807, 2.05) is 0 Å². The summed E-state index contributed by atoms with van der Waals surface area (Å²) in [6, 6.07) is -0.562. The Kier molecular flexibility index (Phi) is 2.40. The quantitative estimate of drug-likeness (QED) is 0.382. The van der Waals surface area contributed by atoms with Crippen LogP contribution in [0.2, 0.25) is 0 Å². The molecular formula is C8H12N2O4. The summed E-state index contributed by atoms with van der Waals surface area (Å²) in [7, 11) is 1.35. The van der Waals surface area contributed by atoms with E-state index < -0.39 is 0 Å². The van der Waals surface area contributed by atoms with Crippen LogP contribution in [0.15, 0.2) is 11.8 Å². The minimum atomic E-state index is -0.350. The zero-order valence-corrected chi connectivity index (χ0v) is 7.78. The van der Waals surface area contributed by atoms with Gasteiger partial charge in [-0.1, -0.05) is 0 Å². The summed E-state index contributed by atoms with van der Waals surface area (Å²) in [5.41, 5.74) is 0.879. The SMILES string of the molecule is COC(=O)C1CC2=CO[NH+]([O-])C2CN1. The number of carbonyl (C=O) groups excluding carboxylic acids is 1. The standard InChI is InChI=1S/C8H12N2O4/c1-13-8(11)6-2-5-4-14-10(12)7(5)3-9-6/h4,6-7,9-10H,2-3H2,1H3. The van der Waals surface area contributed by atoms with E-state index in [1.54, 1.807) is 0 Å². The number of hydroxylamine groups is 2. The Labute approximate surface area is 81.0 Å². The zero-order valence-electron chi connectivity index (χ0n) is 7.78. The third kappa shape index (κ3) is 1.47. The first kappa shape index (κ1) is 9.45. The predicted octanol–water partition coefficient (Wildman–Crippen LogP) is -1.90. The Morgan fingerprint density at radius 1 is 1.86 bits per heavy atom. The van der Waals surface area contributed by atoms with Crippen LogP contribution in [0.25, 0.3) is 0 Å².